The summed E-state index contributed by atoms with van der Waals surface area (Å²) in [5, 5.41) is 28.1. The maximum absolute atomic E-state index is 10.7. The van der Waals surface area contributed by atoms with Crippen molar-refractivity contribution in [2.75, 3.05) is 0 Å². The zero-order chi connectivity index (χ0) is 13.8. The van der Waals surface area contributed by atoms with Gasteiger partial charge >= 0.3 is 0 Å². The Balaban J connectivity index is 2.35. The summed E-state index contributed by atoms with van der Waals surface area (Å²) in [5.74, 6) is 0.00864. The molecule has 1 N–H and O–H groups in total. The molecular formula is C13H11N3O3. The van der Waals surface area contributed by atoms with Crippen LogP contribution in [0.25, 0.3) is 0 Å². The van der Waals surface area contributed by atoms with Gasteiger partial charge in [-0.2, -0.15) is 0 Å². The van der Waals surface area contributed by atoms with Crippen LogP contribution in [0.15, 0.2) is 52.7 Å². The Morgan fingerprint density at radius 3 is 2.47 bits per heavy atom. The second-order valence-electron chi connectivity index (χ2n) is 3.92. The Kier molecular flexibility index (Phi) is 3.51. The quantitative estimate of drug-likeness (QED) is 0.511. The van der Waals surface area contributed by atoms with E-state index in [1.165, 1.54) is 18.2 Å². The topological polar surface area (TPSA) is 88.1 Å². The molecule has 0 aliphatic heterocycles. The van der Waals surface area contributed by atoms with E-state index in [1.807, 2.05) is 0 Å². The molecule has 6 nitrogen and oxygen atoms in total. The van der Waals surface area contributed by atoms with E-state index in [0.29, 0.717) is 11.4 Å². The number of non-ortho nitro benzene ring substituents is 1. The fourth-order valence-corrected chi connectivity index (χ4v) is 1.48. The van der Waals surface area contributed by atoms with Gasteiger partial charge in [-0.25, -0.2) is 0 Å². The first kappa shape index (κ1) is 12.7. The molecule has 0 heterocycles. The summed E-state index contributed by atoms with van der Waals surface area (Å²) in [6.07, 6.45) is 0. The molecule has 0 fully saturated rings. The lowest BCUT2D eigenvalue weighted by atomic mass is 10.2. The highest BCUT2D eigenvalue weighted by molar-refractivity contribution is 5.54. The summed E-state index contributed by atoms with van der Waals surface area (Å²) < 4.78 is 0. The average Bonchev–Trinajstić information content (AvgIpc) is 2.39. The predicted molar refractivity (Wildman–Crippen MR) is 70.1 cm³/mol. The van der Waals surface area contributed by atoms with Gasteiger partial charge in [-0.3, -0.25) is 10.1 Å². The molecule has 0 bridgehead atoms. The van der Waals surface area contributed by atoms with Gasteiger partial charge in [0.15, 0.2) is 0 Å². The number of phenolic OH excluding ortho intramolecular Hbond substituents is 1. The first-order valence-corrected chi connectivity index (χ1v) is 5.52. The molecule has 0 amide bonds. The van der Waals surface area contributed by atoms with Crippen LogP contribution in [0.4, 0.5) is 17.1 Å². The fourth-order valence-electron chi connectivity index (χ4n) is 1.48. The van der Waals surface area contributed by atoms with Crippen molar-refractivity contribution in [1.29, 1.82) is 0 Å². The van der Waals surface area contributed by atoms with Crippen LogP contribution in [-0.2, 0) is 0 Å². The molecule has 2 aromatic carbocycles. The third-order valence-corrected chi connectivity index (χ3v) is 2.55. The maximum atomic E-state index is 10.7. The van der Waals surface area contributed by atoms with Crippen molar-refractivity contribution in [1.82, 2.24) is 0 Å². The van der Waals surface area contributed by atoms with E-state index in [-0.39, 0.29) is 11.4 Å². The summed E-state index contributed by atoms with van der Waals surface area (Å²) in [5.41, 5.74) is 1.44. The molecule has 0 saturated carbocycles. The van der Waals surface area contributed by atoms with Gasteiger partial charge in [0.25, 0.3) is 5.69 Å². The number of azo groups is 1. The number of hydrogen-bond donors (Lipinski definition) is 1. The lowest BCUT2D eigenvalue weighted by Crippen LogP contribution is -1.87. The van der Waals surface area contributed by atoms with E-state index < -0.39 is 4.92 Å². The van der Waals surface area contributed by atoms with E-state index in [4.69, 9.17) is 0 Å². The number of hydrogen-bond acceptors (Lipinski definition) is 5. The summed E-state index contributed by atoms with van der Waals surface area (Å²) in [7, 11) is 0. The number of rotatable bonds is 3. The van der Waals surface area contributed by atoms with Gasteiger partial charge in [0, 0.05) is 12.1 Å². The number of aryl methyl sites for hydroxylation is 1. The maximum Gasteiger partial charge on any atom is 0.271 e. The minimum Gasteiger partial charge on any atom is -0.506 e. The molecule has 96 valence electrons. The molecule has 0 atom stereocenters. The second kappa shape index (κ2) is 5.26. The molecule has 0 spiro atoms. The minimum atomic E-state index is -0.488. The molecule has 0 aliphatic rings. The molecule has 0 aliphatic carbocycles. The fraction of sp³-hybridized carbons (Fsp3) is 0.0769. The van der Waals surface area contributed by atoms with Crippen molar-refractivity contribution >= 4 is 17.1 Å². The molecule has 2 aromatic rings. The van der Waals surface area contributed by atoms with Crippen LogP contribution in [0, 0.1) is 17.0 Å². The van der Waals surface area contributed by atoms with Crippen molar-refractivity contribution in [2.45, 2.75) is 6.92 Å². The molecule has 0 saturated heterocycles. The van der Waals surface area contributed by atoms with Gasteiger partial charge in [0.1, 0.15) is 11.4 Å². The smallest absolute Gasteiger partial charge is 0.271 e. The Morgan fingerprint density at radius 2 is 1.79 bits per heavy atom. The minimum absolute atomic E-state index is 0.00864. The number of nitro benzene ring substituents is 1. The Morgan fingerprint density at radius 1 is 1.11 bits per heavy atom. The lowest BCUT2D eigenvalue weighted by Gasteiger charge is -1.99. The van der Waals surface area contributed by atoms with Gasteiger partial charge in [0.2, 0.25) is 0 Å². The van der Waals surface area contributed by atoms with Crippen LogP contribution in [0.3, 0.4) is 0 Å². The summed E-state index contributed by atoms with van der Waals surface area (Å²) >= 11 is 0. The Labute approximate surface area is 109 Å². The van der Waals surface area contributed by atoms with Crippen LogP contribution in [0.5, 0.6) is 5.75 Å². The van der Waals surface area contributed by atoms with Gasteiger partial charge < -0.3 is 5.11 Å². The van der Waals surface area contributed by atoms with E-state index in [9.17, 15) is 15.2 Å². The normalized spacial score (nSPS) is 10.8. The summed E-state index contributed by atoms with van der Waals surface area (Å²) in [6, 6.07) is 10.9. The predicted octanol–water partition coefficient (Wildman–Crippen LogP) is 4.02. The van der Waals surface area contributed by atoms with Gasteiger partial charge in [0.05, 0.1) is 10.6 Å². The number of phenols is 1. The Hall–Kier alpha value is -2.76. The number of aromatic hydroxyl groups is 1. The third kappa shape index (κ3) is 2.92. The van der Waals surface area contributed by atoms with Crippen molar-refractivity contribution in [3.8, 4) is 5.75 Å². The van der Waals surface area contributed by atoms with E-state index in [2.05, 4.69) is 10.2 Å². The van der Waals surface area contributed by atoms with Gasteiger partial charge in [-0.1, -0.05) is 18.2 Å². The van der Waals surface area contributed by atoms with Crippen LogP contribution >= 0.6 is 0 Å². The molecule has 0 radical (unpaired) electrons. The first-order valence-electron chi connectivity index (χ1n) is 5.52. The van der Waals surface area contributed by atoms with E-state index in [0.717, 1.165) is 5.56 Å². The molecule has 0 unspecified atom stereocenters. The highest BCUT2D eigenvalue weighted by atomic mass is 16.6. The molecular weight excluding hydrogens is 246 g/mol. The van der Waals surface area contributed by atoms with Gasteiger partial charge in [-0.05, 0) is 24.6 Å². The van der Waals surface area contributed by atoms with Crippen molar-refractivity contribution in [2.24, 2.45) is 10.2 Å². The zero-order valence-corrected chi connectivity index (χ0v) is 10.1. The van der Waals surface area contributed by atoms with E-state index in [1.54, 1.807) is 31.2 Å². The van der Waals surface area contributed by atoms with Crippen molar-refractivity contribution < 1.29 is 10.0 Å². The van der Waals surface area contributed by atoms with Crippen molar-refractivity contribution in [3.63, 3.8) is 0 Å². The molecule has 19 heavy (non-hydrogen) atoms. The molecule has 6 heteroatoms. The monoisotopic (exact) mass is 257 g/mol. The van der Waals surface area contributed by atoms with Crippen LogP contribution in [-0.4, -0.2) is 10.0 Å². The number of nitro groups is 1. The lowest BCUT2D eigenvalue weighted by molar-refractivity contribution is -0.384. The number of para-hydroxylation sites is 1. The third-order valence-electron chi connectivity index (χ3n) is 2.55. The summed E-state index contributed by atoms with van der Waals surface area (Å²) in [4.78, 5) is 10.2. The van der Waals surface area contributed by atoms with Crippen LogP contribution in [0.2, 0.25) is 0 Å². The van der Waals surface area contributed by atoms with Crippen LogP contribution < -0.4 is 0 Å². The zero-order valence-electron chi connectivity index (χ0n) is 10.1. The molecule has 0 aromatic heterocycles. The highest BCUT2D eigenvalue weighted by Crippen LogP contribution is 2.29. The number of benzene rings is 2. The number of nitrogens with zero attached hydrogens (tertiary/aromatic N) is 3. The van der Waals surface area contributed by atoms with Crippen molar-refractivity contribution in [3.05, 3.63) is 58.1 Å². The SMILES string of the molecule is Cc1ccc([N+](=O)[O-])cc1N=Nc1ccccc1O. The molecule has 2 rings (SSSR count). The average molecular weight is 257 g/mol. The van der Waals surface area contributed by atoms with E-state index >= 15 is 0 Å². The standard InChI is InChI=1S/C13H11N3O3/c1-9-6-7-10(16(18)19)8-12(9)15-14-11-4-2-3-5-13(11)17/h2-8,17H,1H3. The largest absolute Gasteiger partial charge is 0.506 e. The Bertz CT molecular complexity index is 653. The second-order valence-corrected chi connectivity index (χ2v) is 3.92. The van der Waals surface area contributed by atoms with Crippen LogP contribution in [0.1, 0.15) is 5.56 Å². The van der Waals surface area contributed by atoms with Gasteiger partial charge in [-0.15, -0.1) is 10.2 Å². The first-order chi connectivity index (χ1) is 9.08. The highest BCUT2D eigenvalue weighted by Gasteiger charge is 2.08. The summed E-state index contributed by atoms with van der Waals surface area (Å²) in [6.45, 7) is 1.78.